The summed E-state index contributed by atoms with van der Waals surface area (Å²) in [4.78, 5) is 26.8. The Morgan fingerprint density at radius 1 is 1.18 bits per heavy atom. The number of hydrogen-bond donors (Lipinski definition) is 1. The van der Waals surface area contributed by atoms with Crippen molar-refractivity contribution in [2.24, 2.45) is 0 Å². The van der Waals surface area contributed by atoms with Crippen LogP contribution in [0.2, 0.25) is 0 Å². The van der Waals surface area contributed by atoms with Crippen LogP contribution < -0.4 is 4.74 Å². The number of hydrogen-bond acceptors (Lipinski definition) is 5. The van der Waals surface area contributed by atoms with E-state index in [1.165, 1.54) is 6.92 Å². The maximum absolute atomic E-state index is 12.3. The number of ketones is 2. The molecule has 0 amide bonds. The molecule has 116 valence electrons. The Morgan fingerprint density at radius 3 is 2.41 bits per heavy atom. The van der Waals surface area contributed by atoms with E-state index in [9.17, 15) is 9.59 Å². The average Bonchev–Trinajstić information content (AvgIpc) is 2.75. The van der Waals surface area contributed by atoms with Crippen LogP contribution in [-0.4, -0.2) is 33.4 Å². The van der Waals surface area contributed by atoms with Crippen LogP contribution in [0.15, 0.2) is 6.07 Å². The smallest absolute Gasteiger partial charge is 0.234 e. The second-order valence-electron chi connectivity index (χ2n) is 5.34. The largest absolute Gasteiger partial charge is 0.468 e. The molecule has 2 rings (SSSR count). The van der Waals surface area contributed by atoms with Crippen LogP contribution in [0.5, 0.6) is 5.88 Å². The van der Waals surface area contributed by atoms with Gasteiger partial charge in [-0.15, -0.1) is 5.10 Å². The number of nitrogens with zero attached hydrogens (tertiary/aromatic N) is 2. The summed E-state index contributed by atoms with van der Waals surface area (Å²) >= 11 is 0. The zero-order chi connectivity index (χ0) is 16.4. The number of carbonyl (C=O) groups is 2. The minimum absolute atomic E-state index is 0.0637. The molecule has 1 N–H and O–H groups in total. The fraction of sp³-hybridized carbons (Fsp3) is 0.375. The minimum atomic E-state index is -0.229. The van der Waals surface area contributed by atoms with E-state index in [4.69, 9.17) is 4.74 Å². The number of aryl methyl sites for hydroxylation is 3. The lowest BCUT2D eigenvalue weighted by atomic mass is 10.1. The molecule has 0 unspecified atom stereocenters. The number of rotatable bonds is 5. The third kappa shape index (κ3) is 3.05. The zero-order valence-corrected chi connectivity index (χ0v) is 13.4. The van der Waals surface area contributed by atoms with Crippen molar-refractivity contribution in [2.75, 3.05) is 6.61 Å². The summed E-state index contributed by atoms with van der Waals surface area (Å²) in [5, 5.41) is 7.84. The Hall–Kier alpha value is -2.50. The van der Waals surface area contributed by atoms with Gasteiger partial charge in [-0.25, -0.2) is 0 Å². The van der Waals surface area contributed by atoms with Gasteiger partial charge >= 0.3 is 0 Å². The highest BCUT2D eigenvalue weighted by atomic mass is 16.5. The number of carbonyl (C=O) groups excluding carboxylic acids is 2. The van der Waals surface area contributed by atoms with Crippen molar-refractivity contribution >= 4 is 11.6 Å². The summed E-state index contributed by atoms with van der Waals surface area (Å²) in [6.45, 7) is 8.61. The molecule has 6 nitrogen and oxygen atoms in total. The van der Waals surface area contributed by atoms with E-state index in [2.05, 4.69) is 15.2 Å². The van der Waals surface area contributed by atoms with Crippen LogP contribution in [0.1, 0.15) is 50.3 Å². The summed E-state index contributed by atoms with van der Waals surface area (Å²) in [6, 6.07) is 1.74. The molecule has 0 aliphatic heterocycles. The summed E-state index contributed by atoms with van der Waals surface area (Å²) < 4.78 is 5.39. The van der Waals surface area contributed by atoms with Crippen LogP contribution >= 0.6 is 0 Å². The molecule has 0 aliphatic carbocycles. The van der Waals surface area contributed by atoms with Gasteiger partial charge in [-0.2, -0.15) is 5.10 Å². The molecule has 0 aromatic carbocycles. The Balaban J connectivity index is 2.14. The minimum Gasteiger partial charge on any atom is -0.468 e. The predicted octanol–water partition coefficient (Wildman–Crippen LogP) is 2.50. The number of aromatic amines is 1. The third-order valence-electron chi connectivity index (χ3n) is 3.63. The lowest BCUT2D eigenvalue weighted by Crippen LogP contribution is -2.14. The van der Waals surface area contributed by atoms with E-state index >= 15 is 0 Å². The van der Waals surface area contributed by atoms with Crippen LogP contribution in [0.25, 0.3) is 0 Å². The van der Waals surface area contributed by atoms with Crippen molar-refractivity contribution in [3.63, 3.8) is 0 Å². The number of H-pyrrole nitrogens is 1. The predicted molar refractivity (Wildman–Crippen MR) is 81.6 cm³/mol. The Morgan fingerprint density at radius 2 is 1.86 bits per heavy atom. The second kappa shape index (κ2) is 6.09. The van der Waals surface area contributed by atoms with E-state index in [0.29, 0.717) is 28.4 Å². The fourth-order valence-electron chi connectivity index (χ4n) is 2.36. The third-order valence-corrected chi connectivity index (χ3v) is 3.63. The highest BCUT2D eigenvalue weighted by Gasteiger charge is 2.20. The van der Waals surface area contributed by atoms with Gasteiger partial charge < -0.3 is 9.72 Å². The number of nitrogens with one attached hydrogen (secondary N) is 1. The van der Waals surface area contributed by atoms with Crippen molar-refractivity contribution in [3.05, 3.63) is 39.8 Å². The van der Waals surface area contributed by atoms with Gasteiger partial charge in [0, 0.05) is 17.3 Å². The molecule has 22 heavy (non-hydrogen) atoms. The summed E-state index contributed by atoms with van der Waals surface area (Å²) in [5.74, 6) is 0.0172. The van der Waals surface area contributed by atoms with Crippen LogP contribution in [0.4, 0.5) is 0 Å². The number of aromatic nitrogens is 3. The summed E-state index contributed by atoms with van der Waals surface area (Å²) in [5.41, 5.74) is 4.08. The molecule has 2 heterocycles. The molecule has 0 fully saturated rings. The summed E-state index contributed by atoms with van der Waals surface area (Å²) in [6.07, 6.45) is 0. The normalized spacial score (nSPS) is 10.6. The quantitative estimate of drug-likeness (QED) is 0.858. The number of Topliss-reactive ketones (excluding diaryl/α,β-unsaturated/α-hetero) is 2. The van der Waals surface area contributed by atoms with Gasteiger partial charge in [-0.3, -0.25) is 9.59 Å². The Bertz CT molecular complexity index is 747. The van der Waals surface area contributed by atoms with E-state index in [0.717, 1.165) is 11.3 Å². The highest BCUT2D eigenvalue weighted by molar-refractivity contribution is 6.03. The van der Waals surface area contributed by atoms with E-state index in [-0.39, 0.29) is 18.2 Å². The fourth-order valence-corrected chi connectivity index (χ4v) is 2.36. The lowest BCUT2D eigenvalue weighted by molar-refractivity contribution is 0.0912. The zero-order valence-electron chi connectivity index (χ0n) is 13.4. The molecular weight excluding hydrogens is 282 g/mol. The van der Waals surface area contributed by atoms with Crippen molar-refractivity contribution in [1.29, 1.82) is 0 Å². The van der Waals surface area contributed by atoms with Gasteiger partial charge in [0.15, 0.2) is 12.4 Å². The Labute approximate surface area is 128 Å². The first kappa shape index (κ1) is 15.9. The van der Waals surface area contributed by atoms with Crippen LogP contribution in [0, 0.1) is 27.7 Å². The van der Waals surface area contributed by atoms with Crippen LogP contribution in [-0.2, 0) is 0 Å². The van der Waals surface area contributed by atoms with Crippen molar-refractivity contribution in [2.45, 2.75) is 34.6 Å². The molecule has 0 spiro atoms. The molecule has 2 aromatic heterocycles. The first-order valence-electron chi connectivity index (χ1n) is 6.98. The van der Waals surface area contributed by atoms with Crippen molar-refractivity contribution < 1.29 is 14.3 Å². The maximum atomic E-state index is 12.3. The molecule has 0 saturated carbocycles. The van der Waals surface area contributed by atoms with Gasteiger partial charge in [0.25, 0.3) is 0 Å². The van der Waals surface area contributed by atoms with Crippen molar-refractivity contribution in [3.8, 4) is 5.88 Å². The van der Waals surface area contributed by atoms with E-state index < -0.39 is 0 Å². The first-order chi connectivity index (χ1) is 10.3. The average molecular weight is 301 g/mol. The summed E-state index contributed by atoms with van der Waals surface area (Å²) in [7, 11) is 0. The monoisotopic (exact) mass is 301 g/mol. The molecule has 0 radical (unpaired) electrons. The van der Waals surface area contributed by atoms with Crippen molar-refractivity contribution in [1.82, 2.24) is 15.2 Å². The van der Waals surface area contributed by atoms with Gasteiger partial charge in [-0.1, -0.05) is 0 Å². The molecule has 0 saturated heterocycles. The molecular formula is C16H19N3O3. The lowest BCUT2D eigenvalue weighted by Gasteiger charge is -2.05. The molecule has 6 heteroatoms. The molecule has 0 aliphatic rings. The molecule has 0 bridgehead atoms. The van der Waals surface area contributed by atoms with Gasteiger partial charge in [0.05, 0.1) is 11.4 Å². The van der Waals surface area contributed by atoms with Gasteiger partial charge in [0.2, 0.25) is 11.7 Å². The first-order valence-corrected chi connectivity index (χ1v) is 6.98. The SMILES string of the molecule is CC(=O)c1c(C)[nH]c(C(=O)COc2cc(C)c(C)nn2)c1C. The number of ether oxygens (including phenoxy) is 1. The topological polar surface area (TPSA) is 84.9 Å². The highest BCUT2D eigenvalue weighted by Crippen LogP contribution is 2.19. The van der Waals surface area contributed by atoms with Gasteiger partial charge in [0.1, 0.15) is 0 Å². The standard InChI is InChI=1S/C16H19N3O3/c1-8-6-14(19-18-10(8)3)22-7-13(21)16-9(2)15(12(5)20)11(4)17-16/h6,17H,7H2,1-5H3. The second-order valence-corrected chi connectivity index (χ2v) is 5.34. The molecule has 0 atom stereocenters. The molecule has 2 aromatic rings. The van der Waals surface area contributed by atoms with E-state index in [1.54, 1.807) is 19.9 Å². The Kier molecular flexibility index (Phi) is 4.40. The van der Waals surface area contributed by atoms with Crippen LogP contribution in [0.3, 0.4) is 0 Å². The maximum Gasteiger partial charge on any atom is 0.234 e. The van der Waals surface area contributed by atoms with E-state index in [1.807, 2.05) is 13.8 Å². The van der Waals surface area contributed by atoms with Gasteiger partial charge in [-0.05, 0) is 45.7 Å².